The van der Waals surface area contributed by atoms with Crippen LogP contribution in [0.25, 0.3) is 11.3 Å². The normalized spacial score (nSPS) is 17.6. The summed E-state index contributed by atoms with van der Waals surface area (Å²) < 4.78 is 38.6. The lowest BCUT2D eigenvalue weighted by Gasteiger charge is -2.33. The number of rotatable bonds is 3. The summed E-state index contributed by atoms with van der Waals surface area (Å²) in [4.78, 5) is 5.43. The van der Waals surface area contributed by atoms with Gasteiger partial charge in [-0.1, -0.05) is 0 Å². The maximum atomic E-state index is 14.0. The molecule has 0 radical (unpaired) electrons. The van der Waals surface area contributed by atoms with E-state index in [9.17, 15) is 8.78 Å². The Balaban J connectivity index is 2.05. The molecule has 1 fully saturated rings. The first-order valence-corrected chi connectivity index (χ1v) is 7.93. The number of ether oxygens (including phenoxy) is 2. The van der Waals surface area contributed by atoms with Crippen molar-refractivity contribution in [1.29, 1.82) is 0 Å². The molecule has 0 aliphatic carbocycles. The molecule has 3 rings (SSSR count). The smallest absolute Gasteiger partial charge is 0.132 e. The van der Waals surface area contributed by atoms with Crippen LogP contribution in [0.3, 0.4) is 0 Å². The first kappa shape index (κ1) is 15.5. The van der Waals surface area contributed by atoms with Gasteiger partial charge in [0.05, 0.1) is 5.69 Å². The highest BCUT2D eigenvalue weighted by Crippen LogP contribution is 2.41. The third-order valence-corrected chi connectivity index (χ3v) is 5.22. The Labute approximate surface area is 131 Å². The van der Waals surface area contributed by atoms with Crippen LogP contribution in [0.5, 0.6) is 0 Å². The van der Waals surface area contributed by atoms with E-state index >= 15 is 0 Å². The summed E-state index contributed by atoms with van der Waals surface area (Å²) in [6.07, 6.45) is 1.42. The molecule has 1 aromatic carbocycles. The lowest BCUT2D eigenvalue weighted by Crippen LogP contribution is -2.35. The van der Waals surface area contributed by atoms with Crippen molar-refractivity contribution < 1.29 is 18.3 Å². The topological polar surface area (TPSA) is 31.4 Å². The molecular weight excluding hydrogens is 308 g/mol. The standard InChI is InChI=1S/C16H17F2NO2S/c1-10-14(12-9-11(17)3-4-13(12)18)19-15(22-10)16(20-2)5-7-21-8-6-16/h3-4,9H,5-8H2,1-2H3. The second kappa shape index (κ2) is 6.02. The van der Waals surface area contributed by atoms with Crippen LogP contribution >= 0.6 is 11.3 Å². The molecule has 1 aromatic heterocycles. The number of methoxy groups -OCH3 is 1. The van der Waals surface area contributed by atoms with Crippen molar-refractivity contribution in [3.63, 3.8) is 0 Å². The van der Waals surface area contributed by atoms with E-state index in [4.69, 9.17) is 9.47 Å². The van der Waals surface area contributed by atoms with E-state index < -0.39 is 17.2 Å². The minimum atomic E-state index is -0.490. The molecule has 0 amide bonds. The second-order valence-corrected chi connectivity index (χ2v) is 6.56. The van der Waals surface area contributed by atoms with E-state index in [1.165, 1.54) is 17.4 Å². The quantitative estimate of drug-likeness (QED) is 0.853. The summed E-state index contributed by atoms with van der Waals surface area (Å²) in [5.41, 5.74) is 0.189. The van der Waals surface area contributed by atoms with Crippen molar-refractivity contribution in [2.75, 3.05) is 20.3 Å². The molecular formula is C16H17F2NO2S. The molecule has 3 nitrogen and oxygen atoms in total. The second-order valence-electron chi connectivity index (χ2n) is 5.36. The maximum Gasteiger partial charge on any atom is 0.132 e. The van der Waals surface area contributed by atoms with Crippen molar-refractivity contribution >= 4 is 11.3 Å². The molecule has 22 heavy (non-hydrogen) atoms. The molecule has 0 bridgehead atoms. The Bertz CT molecular complexity index is 681. The summed E-state index contributed by atoms with van der Waals surface area (Å²) in [6, 6.07) is 3.42. The van der Waals surface area contributed by atoms with Crippen LogP contribution in [-0.2, 0) is 15.1 Å². The fourth-order valence-corrected chi connectivity index (χ4v) is 3.88. The molecule has 0 atom stereocenters. The average molecular weight is 325 g/mol. The van der Waals surface area contributed by atoms with E-state index in [-0.39, 0.29) is 5.56 Å². The summed E-state index contributed by atoms with van der Waals surface area (Å²) in [6.45, 7) is 3.08. The third-order valence-electron chi connectivity index (χ3n) is 4.06. The van der Waals surface area contributed by atoms with Crippen molar-refractivity contribution in [1.82, 2.24) is 4.98 Å². The molecule has 6 heteroatoms. The van der Waals surface area contributed by atoms with Crippen molar-refractivity contribution in [2.45, 2.75) is 25.4 Å². The fraction of sp³-hybridized carbons (Fsp3) is 0.438. The van der Waals surface area contributed by atoms with Crippen LogP contribution in [0.2, 0.25) is 0 Å². The van der Waals surface area contributed by atoms with E-state index in [2.05, 4.69) is 4.98 Å². The number of hydrogen-bond acceptors (Lipinski definition) is 4. The Kier molecular flexibility index (Phi) is 4.25. The number of halogens is 2. The van der Waals surface area contributed by atoms with Crippen LogP contribution in [-0.4, -0.2) is 25.3 Å². The van der Waals surface area contributed by atoms with Gasteiger partial charge in [0.2, 0.25) is 0 Å². The SMILES string of the molecule is COC1(c2nc(-c3cc(F)ccc3F)c(C)s2)CCOCC1. The minimum Gasteiger partial charge on any atom is -0.381 e. The average Bonchev–Trinajstić information content (AvgIpc) is 2.92. The minimum absolute atomic E-state index is 0.193. The van der Waals surface area contributed by atoms with Gasteiger partial charge in [-0.25, -0.2) is 13.8 Å². The summed E-state index contributed by atoms with van der Waals surface area (Å²) >= 11 is 1.47. The molecule has 0 N–H and O–H groups in total. The van der Waals surface area contributed by atoms with Crippen molar-refractivity contribution in [2.24, 2.45) is 0 Å². The summed E-state index contributed by atoms with van der Waals surface area (Å²) in [7, 11) is 1.66. The Morgan fingerprint density at radius 3 is 2.68 bits per heavy atom. The molecule has 118 valence electrons. The predicted octanol–water partition coefficient (Wildman–Crippen LogP) is 4.05. The Hall–Kier alpha value is -1.37. The lowest BCUT2D eigenvalue weighted by atomic mass is 9.95. The molecule has 0 unspecified atom stereocenters. The number of benzene rings is 1. The Morgan fingerprint density at radius 2 is 2.00 bits per heavy atom. The number of aromatic nitrogens is 1. The van der Waals surface area contributed by atoms with E-state index in [1.807, 2.05) is 6.92 Å². The van der Waals surface area contributed by atoms with Gasteiger partial charge in [0.25, 0.3) is 0 Å². The number of aryl methyl sites for hydroxylation is 1. The van der Waals surface area contributed by atoms with Crippen LogP contribution < -0.4 is 0 Å². The maximum absolute atomic E-state index is 14.0. The van der Waals surface area contributed by atoms with Gasteiger partial charge in [0.1, 0.15) is 22.2 Å². The van der Waals surface area contributed by atoms with Crippen molar-refractivity contribution in [3.05, 3.63) is 39.7 Å². The van der Waals surface area contributed by atoms with Crippen molar-refractivity contribution in [3.8, 4) is 11.3 Å². The van der Waals surface area contributed by atoms with E-state index in [0.29, 0.717) is 31.7 Å². The van der Waals surface area contributed by atoms with Gasteiger partial charge in [-0.15, -0.1) is 11.3 Å². The highest BCUT2D eigenvalue weighted by molar-refractivity contribution is 7.12. The largest absolute Gasteiger partial charge is 0.381 e. The van der Waals surface area contributed by atoms with Gasteiger partial charge in [-0.3, -0.25) is 0 Å². The number of nitrogens with zero attached hydrogens (tertiary/aromatic N) is 1. The first-order valence-electron chi connectivity index (χ1n) is 7.12. The molecule has 0 saturated carbocycles. The lowest BCUT2D eigenvalue weighted by molar-refractivity contribution is -0.0947. The molecule has 1 aliphatic rings. The van der Waals surface area contributed by atoms with Crippen LogP contribution in [0.4, 0.5) is 8.78 Å². The number of thiazole rings is 1. The summed E-state index contributed by atoms with van der Waals surface area (Å²) in [5.74, 6) is -0.947. The van der Waals surface area contributed by atoms with Crippen LogP contribution in [0.1, 0.15) is 22.7 Å². The molecule has 2 heterocycles. The predicted molar refractivity (Wildman–Crippen MR) is 80.9 cm³/mol. The number of hydrogen-bond donors (Lipinski definition) is 0. The Morgan fingerprint density at radius 1 is 1.27 bits per heavy atom. The van der Waals surface area contributed by atoms with Crippen LogP contribution in [0.15, 0.2) is 18.2 Å². The first-order chi connectivity index (χ1) is 10.6. The van der Waals surface area contributed by atoms with Gasteiger partial charge in [-0.05, 0) is 25.1 Å². The van der Waals surface area contributed by atoms with Gasteiger partial charge in [0.15, 0.2) is 0 Å². The third kappa shape index (κ3) is 2.66. The van der Waals surface area contributed by atoms with Crippen LogP contribution in [0, 0.1) is 18.6 Å². The molecule has 0 spiro atoms. The highest BCUT2D eigenvalue weighted by atomic mass is 32.1. The van der Waals surface area contributed by atoms with E-state index in [0.717, 1.165) is 22.0 Å². The zero-order valence-corrected chi connectivity index (χ0v) is 13.3. The zero-order valence-electron chi connectivity index (χ0n) is 12.5. The van der Waals surface area contributed by atoms with Gasteiger partial charge < -0.3 is 9.47 Å². The zero-order chi connectivity index (χ0) is 15.7. The molecule has 1 saturated heterocycles. The molecule has 1 aliphatic heterocycles. The van der Waals surface area contributed by atoms with Gasteiger partial charge >= 0.3 is 0 Å². The van der Waals surface area contributed by atoms with Gasteiger partial charge in [-0.2, -0.15) is 0 Å². The summed E-state index contributed by atoms with van der Waals surface area (Å²) in [5, 5.41) is 0.800. The molecule has 2 aromatic rings. The fourth-order valence-electron chi connectivity index (χ4n) is 2.73. The highest BCUT2D eigenvalue weighted by Gasteiger charge is 2.38. The monoisotopic (exact) mass is 325 g/mol. The van der Waals surface area contributed by atoms with E-state index in [1.54, 1.807) is 7.11 Å². The van der Waals surface area contributed by atoms with Gasteiger partial charge in [0, 0.05) is 43.6 Å².